The summed E-state index contributed by atoms with van der Waals surface area (Å²) in [6.45, 7) is 11.3. The van der Waals surface area contributed by atoms with E-state index >= 15 is 0 Å². The summed E-state index contributed by atoms with van der Waals surface area (Å²) in [4.78, 5) is 17.8. The fourth-order valence-corrected chi connectivity index (χ4v) is 3.63. The lowest BCUT2D eigenvalue weighted by atomic mass is 10.1. The van der Waals surface area contributed by atoms with Crippen LogP contribution in [0.1, 0.15) is 44.7 Å². The van der Waals surface area contributed by atoms with Gasteiger partial charge in [-0.25, -0.2) is 4.79 Å². The third kappa shape index (κ3) is 3.00. The largest absolute Gasteiger partial charge is 0.326 e. The Bertz CT molecular complexity index is 791. The molecule has 1 aromatic heterocycles. The maximum Gasteiger partial charge on any atom is 0.326 e. The van der Waals surface area contributed by atoms with Crippen molar-refractivity contribution in [1.29, 1.82) is 0 Å². The highest BCUT2D eigenvalue weighted by Gasteiger charge is 2.23. The molecule has 1 atom stereocenters. The van der Waals surface area contributed by atoms with E-state index in [-0.39, 0.29) is 5.69 Å². The molecule has 0 fully saturated rings. The van der Waals surface area contributed by atoms with Crippen LogP contribution >= 0.6 is 0 Å². The number of aromatic nitrogens is 2. The van der Waals surface area contributed by atoms with Crippen LogP contribution in [0.3, 0.4) is 0 Å². The molecular formula is C19H27N3O. The van der Waals surface area contributed by atoms with E-state index in [2.05, 4.69) is 55.8 Å². The van der Waals surface area contributed by atoms with Crippen molar-refractivity contribution in [2.45, 2.75) is 59.7 Å². The van der Waals surface area contributed by atoms with Gasteiger partial charge in [-0.1, -0.05) is 31.6 Å². The van der Waals surface area contributed by atoms with Crippen LogP contribution in [-0.2, 0) is 13.1 Å². The predicted octanol–water partition coefficient (Wildman–Crippen LogP) is 3.59. The van der Waals surface area contributed by atoms with Crippen molar-refractivity contribution in [2.24, 2.45) is 0 Å². The second-order valence-electron chi connectivity index (χ2n) is 6.71. The lowest BCUT2D eigenvalue weighted by molar-refractivity contribution is 0.209. The van der Waals surface area contributed by atoms with Crippen LogP contribution < -0.4 is 5.69 Å². The van der Waals surface area contributed by atoms with Gasteiger partial charge in [-0.3, -0.25) is 9.47 Å². The Hall–Kier alpha value is -1.81. The molecule has 23 heavy (non-hydrogen) atoms. The molecule has 2 aromatic rings. The molecule has 0 saturated heterocycles. The normalized spacial score (nSPS) is 18.2. The number of allylic oxidation sites excluding steroid dienone is 1. The zero-order valence-corrected chi connectivity index (χ0v) is 14.6. The van der Waals surface area contributed by atoms with Crippen molar-refractivity contribution < 1.29 is 0 Å². The van der Waals surface area contributed by atoms with Crippen LogP contribution in [0.25, 0.3) is 11.0 Å². The molecule has 0 unspecified atom stereocenters. The summed E-state index contributed by atoms with van der Waals surface area (Å²) in [6, 6.07) is 4.63. The highest BCUT2D eigenvalue weighted by molar-refractivity contribution is 5.80. The van der Waals surface area contributed by atoms with Crippen molar-refractivity contribution >= 4 is 11.0 Å². The first kappa shape index (κ1) is 16.1. The smallest absolute Gasteiger partial charge is 0.306 e. The molecule has 0 amide bonds. The van der Waals surface area contributed by atoms with E-state index in [9.17, 15) is 4.79 Å². The molecule has 4 nitrogen and oxygen atoms in total. The minimum Gasteiger partial charge on any atom is -0.306 e. The van der Waals surface area contributed by atoms with Crippen molar-refractivity contribution in [3.05, 3.63) is 45.4 Å². The second kappa shape index (κ2) is 6.36. The van der Waals surface area contributed by atoms with Gasteiger partial charge in [-0.05, 0) is 43.9 Å². The molecule has 0 bridgehead atoms. The van der Waals surface area contributed by atoms with E-state index in [0.717, 1.165) is 43.5 Å². The average Bonchev–Trinajstić information content (AvgIpc) is 2.73. The van der Waals surface area contributed by atoms with Crippen LogP contribution in [0.15, 0.2) is 28.6 Å². The van der Waals surface area contributed by atoms with Crippen LogP contribution in [-0.4, -0.2) is 27.0 Å². The predicted molar refractivity (Wildman–Crippen MR) is 95.8 cm³/mol. The van der Waals surface area contributed by atoms with E-state index in [1.165, 1.54) is 16.7 Å². The number of nitrogens with one attached hydrogen (secondary N) is 1. The third-order valence-electron chi connectivity index (χ3n) is 5.06. The summed E-state index contributed by atoms with van der Waals surface area (Å²) in [5, 5.41) is 0. The van der Waals surface area contributed by atoms with Gasteiger partial charge in [0.05, 0.1) is 11.0 Å². The standard InChI is InChI=1S/C19H27N3O/c1-5-15(6-2)7-8-21-12-16-9-13(3)10-17-18(16)22(11-14(21)4)19(23)20-17/h7,9-10,14H,5-6,8,11-12H2,1-4H3,(H,20,23)/t14-/m0/s1. The molecule has 1 N–H and O–H groups in total. The van der Waals surface area contributed by atoms with E-state index in [1.54, 1.807) is 0 Å². The molecule has 0 aliphatic carbocycles. The van der Waals surface area contributed by atoms with E-state index < -0.39 is 0 Å². The molecule has 1 aliphatic heterocycles. The average molecular weight is 313 g/mol. The fourth-order valence-electron chi connectivity index (χ4n) is 3.63. The molecule has 1 aliphatic rings. The van der Waals surface area contributed by atoms with Crippen LogP contribution in [0, 0.1) is 6.92 Å². The first-order valence-electron chi connectivity index (χ1n) is 8.67. The maximum atomic E-state index is 12.3. The Balaban J connectivity index is 1.99. The van der Waals surface area contributed by atoms with Gasteiger partial charge in [-0.2, -0.15) is 0 Å². The lowest BCUT2D eigenvalue weighted by Gasteiger charge is -2.26. The Morgan fingerprint density at radius 2 is 2.09 bits per heavy atom. The fraction of sp³-hybridized carbons (Fsp3) is 0.526. The number of benzene rings is 1. The van der Waals surface area contributed by atoms with Crippen molar-refractivity contribution in [3.8, 4) is 0 Å². The van der Waals surface area contributed by atoms with Crippen LogP contribution in [0.5, 0.6) is 0 Å². The summed E-state index contributed by atoms with van der Waals surface area (Å²) < 4.78 is 1.92. The summed E-state index contributed by atoms with van der Waals surface area (Å²) in [5.74, 6) is 0. The summed E-state index contributed by atoms with van der Waals surface area (Å²) in [7, 11) is 0. The number of aromatic amines is 1. The molecule has 2 heterocycles. The minimum atomic E-state index is 0.0129. The van der Waals surface area contributed by atoms with Crippen LogP contribution in [0.4, 0.5) is 0 Å². The van der Waals surface area contributed by atoms with Gasteiger partial charge in [0.25, 0.3) is 0 Å². The zero-order chi connectivity index (χ0) is 16.6. The maximum absolute atomic E-state index is 12.3. The van der Waals surface area contributed by atoms with Gasteiger partial charge in [0.2, 0.25) is 0 Å². The highest BCUT2D eigenvalue weighted by Crippen LogP contribution is 2.25. The minimum absolute atomic E-state index is 0.0129. The molecule has 0 spiro atoms. The Kier molecular flexibility index (Phi) is 4.44. The van der Waals surface area contributed by atoms with Gasteiger partial charge < -0.3 is 4.98 Å². The van der Waals surface area contributed by atoms with E-state index in [0.29, 0.717) is 6.04 Å². The molecular weight excluding hydrogens is 286 g/mol. The number of hydrogen-bond acceptors (Lipinski definition) is 2. The Morgan fingerprint density at radius 3 is 2.78 bits per heavy atom. The number of H-pyrrole nitrogens is 1. The molecule has 0 saturated carbocycles. The number of nitrogens with zero attached hydrogens (tertiary/aromatic N) is 2. The first-order valence-corrected chi connectivity index (χ1v) is 8.67. The van der Waals surface area contributed by atoms with Gasteiger partial charge in [-0.15, -0.1) is 0 Å². The number of rotatable bonds is 4. The van der Waals surface area contributed by atoms with Gasteiger partial charge in [0.1, 0.15) is 0 Å². The van der Waals surface area contributed by atoms with Crippen molar-refractivity contribution in [1.82, 2.24) is 14.5 Å². The SMILES string of the molecule is CCC(=CCN1Cc2cc(C)cc3[nH]c(=O)n(c23)C[C@@H]1C)CC. The molecule has 0 radical (unpaired) electrons. The van der Waals surface area contributed by atoms with Crippen LogP contribution in [0.2, 0.25) is 0 Å². The molecule has 124 valence electrons. The molecule has 3 rings (SSSR count). The molecule has 4 heteroatoms. The third-order valence-corrected chi connectivity index (χ3v) is 5.06. The number of aryl methyl sites for hydroxylation is 1. The number of imidazole rings is 1. The van der Waals surface area contributed by atoms with Crippen molar-refractivity contribution in [2.75, 3.05) is 6.54 Å². The van der Waals surface area contributed by atoms with E-state index in [4.69, 9.17) is 0 Å². The summed E-state index contributed by atoms with van der Waals surface area (Å²) >= 11 is 0. The summed E-state index contributed by atoms with van der Waals surface area (Å²) in [5.41, 5.74) is 6.04. The zero-order valence-electron chi connectivity index (χ0n) is 14.6. The van der Waals surface area contributed by atoms with E-state index in [1.807, 2.05) is 4.57 Å². The summed E-state index contributed by atoms with van der Waals surface area (Å²) in [6.07, 6.45) is 4.61. The highest BCUT2D eigenvalue weighted by atomic mass is 16.1. The second-order valence-corrected chi connectivity index (χ2v) is 6.71. The topological polar surface area (TPSA) is 41.0 Å². The first-order chi connectivity index (χ1) is 11.0. The lowest BCUT2D eigenvalue weighted by Crippen LogP contribution is -2.36. The van der Waals surface area contributed by atoms with Crippen molar-refractivity contribution in [3.63, 3.8) is 0 Å². The number of hydrogen-bond donors (Lipinski definition) is 1. The Morgan fingerprint density at radius 1 is 1.35 bits per heavy atom. The Labute approximate surface area is 137 Å². The van der Waals surface area contributed by atoms with Gasteiger partial charge in [0, 0.05) is 25.7 Å². The molecule has 1 aromatic carbocycles. The quantitative estimate of drug-likeness (QED) is 0.876. The van der Waals surface area contributed by atoms with Gasteiger partial charge >= 0.3 is 5.69 Å². The van der Waals surface area contributed by atoms with Gasteiger partial charge in [0.15, 0.2) is 0 Å². The monoisotopic (exact) mass is 313 g/mol.